The summed E-state index contributed by atoms with van der Waals surface area (Å²) < 4.78 is 22.9. The van der Waals surface area contributed by atoms with E-state index in [9.17, 15) is 50.4 Å². The van der Waals surface area contributed by atoms with Gasteiger partial charge in [-0.3, -0.25) is 9.59 Å². The van der Waals surface area contributed by atoms with Crippen molar-refractivity contribution in [1.82, 2.24) is 0 Å². The number of ketones is 1. The number of phenolic OH excluding ortho intramolecular Hbond substituents is 4. The van der Waals surface area contributed by atoms with Crippen molar-refractivity contribution in [1.29, 1.82) is 0 Å². The summed E-state index contributed by atoms with van der Waals surface area (Å²) in [6, 6.07) is 5.41. The number of benzene rings is 2. The van der Waals surface area contributed by atoms with Crippen LogP contribution >= 0.6 is 0 Å². The first-order valence-electron chi connectivity index (χ1n) is 12.6. The van der Waals surface area contributed by atoms with Crippen LogP contribution in [-0.2, 0) is 19.0 Å². The number of carbonyl (C=O) groups is 1. The number of hydrogen-bond acceptors (Lipinski definition) is 14. The maximum absolute atomic E-state index is 13.3. The summed E-state index contributed by atoms with van der Waals surface area (Å²) in [5.74, 6) is -3.43. The van der Waals surface area contributed by atoms with Gasteiger partial charge in [-0.25, -0.2) is 0 Å². The lowest BCUT2D eigenvalue weighted by Crippen LogP contribution is -2.60. The van der Waals surface area contributed by atoms with E-state index in [1.54, 1.807) is 0 Å². The highest BCUT2D eigenvalue weighted by Crippen LogP contribution is 2.44. The van der Waals surface area contributed by atoms with Crippen molar-refractivity contribution >= 4 is 16.8 Å². The average molecular weight is 577 g/mol. The minimum absolute atomic E-state index is 0.130. The number of aliphatic hydroxyl groups excluding tert-OH is 4. The van der Waals surface area contributed by atoms with Crippen LogP contribution in [0.15, 0.2) is 39.5 Å². The van der Waals surface area contributed by atoms with Gasteiger partial charge in [0.2, 0.25) is 0 Å². The monoisotopic (exact) mass is 576 g/mol. The largest absolute Gasteiger partial charge is 0.507 e. The number of rotatable bonds is 4. The van der Waals surface area contributed by atoms with Crippen LogP contribution in [0.4, 0.5) is 0 Å². The molecule has 9 atom stereocenters. The van der Waals surface area contributed by atoms with E-state index in [2.05, 4.69) is 0 Å². The van der Waals surface area contributed by atoms with Crippen LogP contribution in [0.5, 0.6) is 23.0 Å². The van der Waals surface area contributed by atoms with Gasteiger partial charge in [-0.1, -0.05) is 0 Å². The SMILES string of the molecule is C[C@@H]1O[C@@H](O[C@H]2C(=O)[C@@H](O)[C@H](C)O[C@@H]2c2c(O)cc(O)c3c(=O)cc(-c4ccc(O)c(O)c4)oc23)[C@H](O)[C@H](O)[C@H]1O. The smallest absolute Gasteiger partial charge is 0.197 e. The molecule has 41 heavy (non-hydrogen) atoms. The summed E-state index contributed by atoms with van der Waals surface area (Å²) in [4.78, 5) is 26.4. The van der Waals surface area contributed by atoms with Crippen molar-refractivity contribution in [3.63, 3.8) is 0 Å². The van der Waals surface area contributed by atoms with E-state index in [0.717, 1.165) is 24.3 Å². The van der Waals surface area contributed by atoms with Crippen LogP contribution in [0, 0.1) is 0 Å². The van der Waals surface area contributed by atoms with E-state index in [0.29, 0.717) is 0 Å². The fraction of sp³-hybridized carbons (Fsp3) is 0.407. The van der Waals surface area contributed by atoms with Gasteiger partial charge in [0, 0.05) is 17.7 Å². The van der Waals surface area contributed by atoms with Gasteiger partial charge >= 0.3 is 0 Å². The first kappa shape index (κ1) is 28.8. The number of Topliss-reactive ketones (excluding diaryl/α,β-unsaturated/α-hetero) is 1. The van der Waals surface area contributed by atoms with E-state index in [1.807, 2.05) is 0 Å². The highest BCUT2D eigenvalue weighted by atomic mass is 16.7. The standard InChI is InChI=1S/C27H28O14/c1-8-20(34)22(36)26(41-27-23(37)21(35)19(33)9(2)39-27)25(38-8)18-14(31)6-13(30)17-15(32)7-16(40-24(17)18)10-3-4-11(28)12(29)5-10/h3-9,19-21,23,25-31,33-35,37H,1-2H3/t8-,9-,19-,20-,21+,23+,25+,26-,27-/m0/s1. The Morgan fingerprint density at radius 3 is 2.15 bits per heavy atom. The molecule has 2 aliphatic heterocycles. The van der Waals surface area contributed by atoms with Gasteiger partial charge in [-0.05, 0) is 32.0 Å². The number of aromatic hydroxyl groups is 4. The Morgan fingerprint density at radius 2 is 1.46 bits per heavy atom. The number of carbonyl (C=O) groups excluding carboxylic acids is 1. The Labute approximate surface area is 230 Å². The van der Waals surface area contributed by atoms with Crippen LogP contribution in [0.2, 0.25) is 0 Å². The van der Waals surface area contributed by atoms with E-state index >= 15 is 0 Å². The normalized spacial score (nSPS) is 32.3. The Kier molecular flexibility index (Phi) is 7.42. The highest BCUT2D eigenvalue weighted by molar-refractivity contribution is 5.93. The molecule has 8 N–H and O–H groups in total. The molecule has 3 aromatic rings. The summed E-state index contributed by atoms with van der Waals surface area (Å²) in [6.07, 6.45) is -14.1. The van der Waals surface area contributed by atoms with Crippen LogP contribution < -0.4 is 5.43 Å². The number of aliphatic hydroxyl groups is 4. The van der Waals surface area contributed by atoms with E-state index < -0.39 is 100 Å². The van der Waals surface area contributed by atoms with Gasteiger partial charge in [0.05, 0.1) is 17.8 Å². The molecule has 2 aromatic carbocycles. The lowest BCUT2D eigenvalue weighted by atomic mass is 9.90. The maximum atomic E-state index is 13.3. The van der Waals surface area contributed by atoms with E-state index in [4.69, 9.17) is 18.6 Å². The molecule has 5 rings (SSSR count). The predicted octanol–water partition coefficient (Wildman–Crippen LogP) is -0.115. The molecule has 0 bridgehead atoms. The fourth-order valence-corrected chi connectivity index (χ4v) is 4.97. The van der Waals surface area contributed by atoms with Gasteiger partial charge < -0.3 is 59.5 Å². The summed E-state index contributed by atoms with van der Waals surface area (Å²) in [5.41, 5.74) is -1.42. The fourth-order valence-electron chi connectivity index (χ4n) is 4.97. The number of ether oxygens (including phenoxy) is 3. The summed E-state index contributed by atoms with van der Waals surface area (Å²) in [5, 5.41) is 81.8. The number of hydrogen-bond donors (Lipinski definition) is 8. The van der Waals surface area contributed by atoms with E-state index in [1.165, 1.54) is 19.9 Å². The van der Waals surface area contributed by atoms with Crippen LogP contribution in [-0.4, -0.2) is 95.7 Å². The molecule has 0 unspecified atom stereocenters. The molecule has 14 heteroatoms. The lowest BCUT2D eigenvalue weighted by Gasteiger charge is -2.43. The molecule has 0 spiro atoms. The molecule has 1 aromatic heterocycles. The third-order valence-electron chi connectivity index (χ3n) is 7.28. The van der Waals surface area contributed by atoms with Crippen molar-refractivity contribution in [2.45, 2.75) is 69.0 Å². The van der Waals surface area contributed by atoms with E-state index in [-0.39, 0.29) is 16.9 Å². The van der Waals surface area contributed by atoms with Crippen LogP contribution in [0.1, 0.15) is 25.5 Å². The van der Waals surface area contributed by atoms with Crippen molar-refractivity contribution in [3.8, 4) is 34.3 Å². The minimum atomic E-state index is -1.83. The second kappa shape index (κ2) is 10.6. The Bertz CT molecular complexity index is 1550. The van der Waals surface area contributed by atoms with Crippen molar-refractivity contribution in [3.05, 3.63) is 46.1 Å². The maximum Gasteiger partial charge on any atom is 0.197 e. The quantitative estimate of drug-likeness (QED) is 0.189. The molecule has 220 valence electrons. The number of fused-ring (bicyclic) bond motifs is 1. The molecule has 3 heterocycles. The Balaban J connectivity index is 1.67. The summed E-state index contributed by atoms with van der Waals surface area (Å²) >= 11 is 0. The van der Waals surface area contributed by atoms with Crippen molar-refractivity contribution < 1.29 is 64.3 Å². The zero-order chi connectivity index (χ0) is 29.9. The summed E-state index contributed by atoms with van der Waals surface area (Å²) in [6.45, 7) is 2.75. The topological polar surface area (TPSA) is 237 Å². The van der Waals surface area contributed by atoms with Crippen molar-refractivity contribution in [2.75, 3.05) is 0 Å². The van der Waals surface area contributed by atoms with Gasteiger partial charge in [0.25, 0.3) is 0 Å². The molecule has 0 amide bonds. The average Bonchev–Trinajstić information content (AvgIpc) is 2.92. The molecule has 14 nitrogen and oxygen atoms in total. The molecule has 2 aliphatic rings. The molecular weight excluding hydrogens is 548 g/mol. The first-order chi connectivity index (χ1) is 19.3. The number of phenols is 4. The van der Waals surface area contributed by atoms with Gasteiger partial charge in [0.15, 0.2) is 40.7 Å². The van der Waals surface area contributed by atoms with Gasteiger partial charge in [-0.2, -0.15) is 0 Å². The van der Waals surface area contributed by atoms with Crippen molar-refractivity contribution in [2.24, 2.45) is 0 Å². The summed E-state index contributed by atoms with van der Waals surface area (Å²) in [7, 11) is 0. The zero-order valence-electron chi connectivity index (χ0n) is 21.6. The third kappa shape index (κ3) is 4.89. The molecule has 2 saturated heterocycles. The Hall–Kier alpha value is -3.76. The second-order valence-corrected chi connectivity index (χ2v) is 10.1. The third-order valence-corrected chi connectivity index (χ3v) is 7.28. The molecule has 0 radical (unpaired) electrons. The minimum Gasteiger partial charge on any atom is -0.507 e. The van der Waals surface area contributed by atoms with Gasteiger partial charge in [-0.15, -0.1) is 0 Å². The lowest BCUT2D eigenvalue weighted by molar-refractivity contribution is -0.314. The van der Waals surface area contributed by atoms with Crippen LogP contribution in [0.25, 0.3) is 22.3 Å². The Morgan fingerprint density at radius 1 is 0.756 bits per heavy atom. The van der Waals surface area contributed by atoms with Crippen LogP contribution in [0.3, 0.4) is 0 Å². The second-order valence-electron chi connectivity index (χ2n) is 10.1. The van der Waals surface area contributed by atoms with Gasteiger partial charge in [0.1, 0.15) is 53.2 Å². The highest BCUT2D eigenvalue weighted by Gasteiger charge is 2.50. The zero-order valence-corrected chi connectivity index (χ0v) is 21.6. The molecular formula is C27H28O14. The first-order valence-corrected chi connectivity index (χ1v) is 12.6. The molecule has 2 fully saturated rings. The molecule has 0 saturated carbocycles. The molecule has 0 aliphatic carbocycles. The predicted molar refractivity (Wildman–Crippen MR) is 136 cm³/mol.